The number of hydrogen-bond donors (Lipinski definition) is 1. The number of nitrogens with one attached hydrogen (secondary N) is 1. The number of rotatable bonds is 5. The number of anilines is 1. The third-order valence-corrected chi connectivity index (χ3v) is 3.26. The summed E-state index contributed by atoms with van der Waals surface area (Å²) in [6.07, 6.45) is 0. The number of para-hydroxylation sites is 3. The summed E-state index contributed by atoms with van der Waals surface area (Å²) in [5, 5.41) is 2.83. The van der Waals surface area contributed by atoms with Crippen molar-refractivity contribution in [2.24, 2.45) is 5.92 Å². The van der Waals surface area contributed by atoms with Gasteiger partial charge in [0.2, 0.25) is 5.91 Å². The van der Waals surface area contributed by atoms with Crippen LogP contribution in [-0.2, 0) is 4.79 Å². The van der Waals surface area contributed by atoms with Crippen molar-refractivity contribution < 1.29 is 9.53 Å². The van der Waals surface area contributed by atoms with Gasteiger partial charge in [-0.05, 0) is 24.3 Å². The number of hydrogen-bond acceptors (Lipinski definition) is 2. The van der Waals surface area contributed by atoms with Crippen molar-refractivity contribution in [3.05, 3.63) is 54.6 Å². The normalized spacial score (nSPS) is 11.7. The van der Waals surface area contributed by atoms with Crippen molar-refractivity contribution >= 4 is 23.2 Å². The van der Waals surface area contributed by atoms with Crippen molar-refractivity contribution in [1.82, 2.24) is 0 Å². The first-order valence-electron chi connectivity index (χ1n) is 6.39. The molecule has 2 aromatic carbocycles. The van der Waals surface area contributed by atoms with Crippen molar-refractivity contribution in [2.75, 3.05) is 11.2 Å². The lowest BCUT2D eigenvalue weighted by Gasteiger charge is -2.14. The van der Waals surface area contributed by atoms with Crippen molar-refractivity contribution in [3.63, 3.8) is 0 Å². The quantitative estimate of drug-likeness (QED) is 0.834. The van der Waals surface area contributed by atoms with E-state index in [1.165, 1.54) is 0 Å². The smallest absolute Gasteiger partial charge is 0.228 e. The second-order valence-electron chi connectivity index (χ2n) is 4.46. The minimum Gasteiger partial charge on any atom is -0.455 e. The van der Waals surface area contributed by atoms with Gasteiger partial charge in [-0.3, -0.25) is 4.79 Å². The van der Waals surface area contributed by atoms with Gasteiger partial charge in [-0.15, -0.1) is 11.6 Å². The zero-order valence-corrected chi connectivity index (χ0v) is 11.9. The first-order chi connectivity index (χ1) is 9.70. The largest absolute Gasteiger partial charge is 0.455 e. The Bertz CT molecular complexity index is 572. The third-order valence-electron chi connectivity index (χ3n) is 2.79. The van der Waals surface area contributed by atoms with Gasteiger partial charge in [-0.25, -0.2) is 0 Å². The number of alkyl halides is 1. The Hall–Kier alpha value is -2.00. The maximum atomic E-state index is 11.9. The number of halogens is 1. The average Bonchev–Trinajstić information content (AvgIpc) is 2.49. The van der Waals surface area contributed by atoms with Gasteiger partial charge in [0.05, 0.1) is 5.69 Å². The van der Waals surface area contributed by atoms with E-state index in [1.807, 2.05) is 48.5 Å². The van der Waals surface area contributed by atoms with Crippen LogP contribution in [0.4, 0.5) is 5.69 Å². The van der Waals surface area contributed by atoms with E-state index in [0.29, 0.717) is 11.4 Å². The SMILES string of the molecule is CC(CCl)C(=O)Nc1ccccc1Oc1ccccc1. The molecule has 1 amide bonds. The number of ether oxygens (including phenoxy) is 1. The van der Waals surface area contributed by atoms with Crippen molar-refractivity contribution in [3.8, 4) is 11.5 Å². The molecule has 1 atom stereocenters. The van der Waals surface area contributed by atoms with E-state index in [4.69, 9.17) is 16.3 Å². The van der Waals surface area contributed by atoms with Gasteiger partial charge in [0, 0.05) is 11.8 Å². The summed E-state index contributed by atoms with van der Waals surface area (Å²) in [5.74, 6) is 1.24. The molecule has 20 heavy (non-hydrogen) atoms. The number of carbonyl (C=O) groups excluding carboxylic acids is 1. The van der Waals surface area contributed by atoms with Gasteiger partial charge >= 0.3 is 0 Å². The Kier molecular flexibility index (Phi) is 5.02. The highest BCUT2D eigenvalue weighted by molar-refractivity contribution is 6.19. The zero-order chi connectivity index (χ0) is 14.4. The van der Waals surface area contributed by atoms with E-state index in [2.05, 4.69) is 5.32 Å². The molecular formula is C16H16ClNO2. The molecule has 0 spiro atoms. The second kappa shape index (κ2) is 6.96. The molecule has 1 unspecified atom stereocenters. The molecule has 104 valence electrons. The zero-order valence-electron chi connectivity index (χ0n) is 11.2. The predicted octanol–water partition coefficient (Wildman–Crippen LogP) is 4.29. The van der Waals surface area contributed by atoms with Crippen LogP contribution < -0.4 is 10.1 Å². The summed E-state index contributed by atoms with van der Waals surface area (Å²) >= 11 is 5.69. The van der Waals surface area contributed by atoms with Crippen LogP contribution in [0.15, 0.2) is 54.6 Å². The molecular weight excluding hydrogens is 274 g/mol. The fraction of sp³-hybridized carbons (Fsp3) is 0.188. The lowest BCUT2D eigenvalue weighted by molar-refractivity contribution is -0.118. The van der Waals surface area contributed by atoms with Gasteiger partial charge in [0.25, 0.3) is 0 Å². The van der Waals surface area contributed by atoms with E-state index in [0.717, 1.165) is 5.75 Å². The van der Waals surface area contributed by atoms with E-state index in [9.17, 15) is 4.79 Å². The van der Waals surface area contributed by atoms with E-state index < -0.39 is 0 Å². The third kappa shape index (κ3) is 3.75. The van der Waals surface area contributed by atoms with Crippen LogP contribution in [0, 0.1) is 5.92 Å². The molecule has 0 bridgehead atoms. The van der Waals surface area contributed by atoms with E-state index >= 15 is 0 Å². The minimum absolute atomic E-state index is 0.121. The molecule has 3 nitrogen and oxygen atoms in total. The van der Waals surface area contributed by atoms with Gasteiger partial charge in [-0.1, -0.05) is 37.3 Å². The molecule has 2 rings (SSSR count). The van der Waals surface area contributed by atoms with Crippen LogP contribution in [0.5, 0.6) is 11.5 Å². The highest BCUT2D eigenvalue weighted by atomic mass is 35.5. The monoisotopic (exact) mass is 289 g/mol. The summed E-state index contributed by atoms with van der Waals surface area (Å²) in [6, 6.07) is 16.8. The van der Waals surface area contributed by atoms with Crippen LogP contribution in [0.2, 0.25) is 0 Å². The predicted molar refractivity (Wildman–Crippen MR) is 81.5 cm³/mol. The van der Waals surface area contributed by atoms with Crippen molar-refractivity contribution in [1.29, 1.82) is 0 Å². The molecule has 0 heterocycles. The van der Waals surface area contributed by atoms with Gasteiger partial charge in [0.15, 0.2) is 5.75 Å². The fourth-order valence-electron chi connectivity index (χ4n) is 1.60. The Morgan fingerprint density at radius 3 is 2.50 bits per heavy atom. The summed E-state index contributed by atoms with van der Waals surface area (Å²) in [7, 11) is 0. The maximum absolute atomic E-state index is 11.9. The number of benzene rings is 2. The maximum Gasteiger partial charge on any atom is 0.228 e. The fourth-order valence-corrected chi connectivity index (χ4v) is 1.74. The number of amides is 1. The van der Waals surface area contributed by atoms with E-state index in [1.54, 1.807) is 13.0 Å². The topological polar surface area (TPSA) is 38.3 Å². The molecule has 0 radical (unpaired) electrons. The molecule has 1 N–H and O–H groups in total. The minimum atomic E-state index is -0.249. The highest BCUT2D eigenvalue weighted by Crippen LogP contribution is 2.29. The Morgan fingerprint density at radius 2 is 1.80 bits per heavy atom. The van der Waals surface area contributed by atoms with Gasteiger partial charge in [0.1, 0.15) is 5.75 Å². The molecule has 0 fully saturated rings. The Morgan fingerprint density at radius 1 is 1.15 bits per heavy atom. The summed E-state index contributed by atoms with van der Waals surface area (Å²) in [5.41, 5.74) is 0.637. The molecule has 2 aromatic rings. The lowest BCUT2D eigenvalue weighted by atomic mass is 10.2. The van der Waals surface area contributed by atoms with Crippen LogP contribution in [-0.4, -0.2) is 11.8 Å². The van der Waals surface area contributed by atoms with Gasteiger partial charge < -0.3 is 10.1 Å². The molecule has 0 saturated heterocycles. The second-order valence-corrected chi connectivity index (χ2v) is 4.76. The summed E-state index contributed by atoms with van der Waals surface area (Å²) < 4.78 is 5.78. The van der Waals surface area contributed by atoms with Crippen molar-refractivity contribution in [2.45, 2.75) is 6.92 Å². The molecule has 0 aliphatic carbocycles. The summed E-state index contributed by atoms with van der Waals surface area (Å²) in [4.78, 5) is 11.9. The highest BCUT2D eigenvalue weighted by Gasteiger charge is 2.14. The average molecular weight is 290 g/mol. The van der Waals surface area contributed by atoms with Crippen LogP contribution in [0.3, 0.4) is 0 Å². The van der Waals surface area contributed by atoms with E-state index in [-0.39, 0.29) is 17.7 Å². The van der Waals surface area contributed by atoms with Crippen LogP contribution in [0.25, 0.3) is 0 Å². The summed E-state index contributed by atoms with van der Waals surface area (Å²) in [6.45, 7) is 1.78. The Balaban J connectivity index is 2.16. The first-order valence-corrected chi connectivity index (χ1v) is 6.93. The van der Waals surface area contributed by atoms with Crippen LogP contribution in [0.1, 0.15) is 6.92 Å². The molecule has 0 aromatic heterocycles. The number of carbonyl (C=O) groups is 1. The lowest BCUT2D eigenvalue weighted by Crippen LogP contribution is -2.21. The molecule has 0 aliphatic rings. The Labute approximate surface area is 123 Å². The van der Waals surface area contributed by atoms with Crippen LogP contribution >= 0.6 is 11.6 Å². The first kappa shape index (κ1) is 14.4. The van der Waals surface area contributed by atoms with Gasteiger partial charge in [-0.2, -0.15) is 0 Å². The molecule has 0 saturated carbocycles. The molecule has 4 heteroatoms. The standard InChI is InChI=1S/C16H16ClNO2/c1-12(11-17)16(19)18-14-9-5-6-10-15(14)20-13-7-3-2-4-8-13/h2-10,12H,11H2,1H3,(H,18,19). The molecule has 0 aliphatic heterocycles.